The minimum absolute atomic E-state index is 1.06. The van der Waals surface area contributed by atoms with Crippen LogP contribution in [0.3, 0.4) is 0 Å². The number of nitrogens with zero attached hydrogens (tertiary/aromatic N) is 2. The van der Waals surface area contributed by atoms with Crippen LogP contribution in [-0.4, -0.2) is 34.9 Å². The van der Waals surface area contributed by atoms with E-state index in [1.165, 1.54) is 54.3 Å². The van der Waals surface area contributed by atoms with Crippen molar-refractivity contribution in [2.75, 3.05) is 19.6 Å². The monoisotopic (exact) mass is 323 g/mol. The zero-order valence-corrected chi connectivity index (χ0v) is 14.3. The Hall–Kier alpha value is -1.74. The molecule has 0 N–H and O–H groups in total. The van der Waals surface area contributed by atoms with E-state index >= 15 is 0 Å². The van der Waals surface area contributed by atoms with Gasteiger partial charge in [0.1, 0.15) is 6.54 Å². The summed E-state index contributed by atoms with van der Waals surface area (Å²) in [6.45, 7) is 4.80. The Kier molecular flexibility index (Phi) is 4.38. The average molecular weight is 323 g/mol. The summed E-state index contributed by atoms with van der Waals surface area (Å²) in [5.74, 6) is 1.58. The molecular weight excluding hydrogens is 300 g/mol. The molecule has 0 spiro atoms. The van der Waals surface area contributed by atoms with E-state index in [0.29, 0.717) is 0 Å². The van der Waals surface area contributed by atoms with Crippen LogP contribution < -0.4 is 0 Å². The normalized spacial score (nSPS) is 17.5. The summed E-state index contributed by atoms with van der Waals surface area (Å²) in [6.07, 6.45) is 3.89. The van der Waals surface area contributed by atoms with Gasteiger partial charge in [0.05, 0.1) is 26.1 Å². The molecule has 0 radical (unpaired) electrons. The molecule has 0 atom stereocenters. The maximum atomic E-state index is 2.59. The molecule has 2 nitrogen and oxygen atoms in total. The number of hydrogen-bond acceptors (Lipinski definition) is 2. The van der Waals surface area contributed by atoms with E-state index in [1.54, 1.807) is 5.84 Å². The van der Waals surface area contributed by atoms with Gasteiger partial charge in [-0.3, -0.25) is 9.48 Å². The fourth-order valence-corrected chi connectivity index (χ4v) is 4.41. The molecule has 4 rings (SSSR count). The molecule has 0 fully saturated rings. The van der Waals surface area contributed by atoms with Gasteiger partial charge in [0.2, 0.25) is 5.84 Å². The van der Waals surface area contributed by atoms with Crippen molar-refractivity contribution in [3.63, 3.8) is 0 Å². The molecule has 0 bridgehead atoms. The van der Waals surface area contributed by atoms with Gasteiger partial charge in [-0.25, -0.2) is 0 Å². The van der Waals surface area contributed by atoms with E-state index in [1.807, 2.05) is 11.8 Å². The van der Waals surface area contributed by atoms with Crippen molar-refractivity contribution in [1.29, 1.82) is 0 Å². The lowest BCUT2D eigenvalue weighted by atomic mass is 10.2. The van der Waals surface area contributed by atoms with Crippen molar-refractivity contribution in [2.24, 2.45) is 0 Å². The molecule has 118 valence electrons. The molecule has 2 aliphatic heterocycles. The summed E-state index contributed by atoms with van der Waals surface area (Å²) in [7, 11) is 0. The summed E-state index contributed by atoms with van der Waals surface area (Å²) in [5, 5.41) is 0. The summed E-state index contributed by atoms with van der Waals surface area (Å²) < 4.78 is 2.59. The standard InChI is InChI=1S/C20H23N2S/c1-2-6-18(7-3-1)23-19-11-9-17(10-12-19)16-22-15-5-14-21-13-4-8-20(21)22/h1-3,6-7,9-12H,4-5,8,13-16H2/q+1. The maximum Gasteiger partial charge on any atom is 0.247 e. The number of benzene rings is 2. The van der Waals surface area contributed by atoms with E-state index in [0.717, 1.165) is 6.54 Å². The fraction of sp³-hybridized carbons (Fsp3) is 0.350. The zero-order valence-electron chi connectivity index (χ0n) is 13.4. The van der Waals surface area contributed by atoms with Gasteiger partial charge in [0, 0.05) is 16.2 Å². The summed E-state index contributed by atoms with van der Waals surface area (Å²) in [5.41, 5.74) is 1.42. The predicted octanol–water partition coefficient (Wildman–Crippen LogP) is 4.25. The Labute approximate surface area is 142 Å². The van der Waals surface area contributed by atoms with E-state index in [9.17, 15) is 0 Å². The molecule has 23 heavy (non-hydrogen) atoms. The van der Waals surface area contributed by atoms with Crippen molar-refractivity contribution in [2.45, 2.75) is 35.6 Å². The Balaban J connectivity index is 1.43. The quantitative estimate of drug-likeness (QED) is 0.776. The highest BCUT2D eigenvalue weighted by Crippen LogP contribution is 2.27. The van der Waals surface area contributed by atoms with Gasteiger partial charge in [-0.2, -0.15) is 0 Å². The minimum atomic E-state index is 1.06. The first-order valence-corrected chi connectivity index (χ1v) is 9.38. The highest BCUT2D eigenvalue weighted by molar-refractivity contribution is 7.99. The van der Waals surface area contributed by atoms with Crippen LogP contribution in [0.2, 0.25) is 0 Å². The zero-order chi connectivity index (χ0) is 15.5. The van der Waals surface area contributed by atoms with Crippen LogP contribution in [0, 0.1) is 0 Å². The van der Waals surface area contributed by atoms with E-state index in [2.05, 4.69) is 64.1 Å². The van der Waals surface area contributed by atoms with Crippen molar-refractivity contribution >= 4 is 17.6 Å². The van der Waals surface area contributed by atoms with Crippen LogP contribution in [0.5, 0.6) is 0 Å². The minimum Gasteiger partial charge on any atom is -0.266 e. The van der Waals surface area contributed by atoms with Gasteiger partial charge >= 0.3 is 0 Å². The first-order chi connectivity index (χ1) is 11.4. The second-order valence-electron chi connectivity index (χ2n) is 6.34. The lowest BCUT2D eigenvalue weighted by Crippen LogP contribution is -2.40. The lowest BCUT2D eigenvalue weighted by Gasteiger charge is -2.23. The third-order valence-corrected chi connectivity index (χ3v) is 5.71. The molecule has 2 aromatic carbocycles. The first kappa shape index (κ1) is 14.8. The summed E-state index contributed by atoms with van der Waals surface area (Å²) in [6, 6.07) is 19.7. The molecule has 0 amide bonds. The number of rotatable bonds is 4. The third kappa shape index (κ3) is 3.45. The first-order valence-electron chi connectivity index (χ1n) is 8.56. The van der Waals surface area contributed by atoms with Crippen molar-refractivity contribution in [3.05, 3.63) is 60.2 Å². The third-order valence-electron chi connectivity index (χ3n) is 4.69. The van der Waals surface area contributed by atoms with Gasteiger partial charge in [0.15, 0.2) is 0 Å². The van der Waals surface area contributed by atoms with Crippen molar-refractivity contribution in [3.8, 4) is 0 Å². The molecule has 0 aromatic heterocycles. The van der Waals surface area contributed by atoms with E-state index in [-0.39, 0.29) is 0 Å². The average Bonchev–Trinajstić information content (AvgIpc) is 3.07. The Morgan fingerprint density at radius 1 is 0.870 bits per heavy atom. The summed E-state index contributed by atoms with van der Waals surface area (Å²) >= 11 is 1.83. The number of amidine groups is 1. The maximum absolute atomic E-state index is 2.59. The van der Waals surface area contributed by atoms with Crippen molar-refractivity contribution < 1.29 is 4.58 Å². The lowest BCUT2D eigenvalue weighted by molar-refractivity contribution is -0.530. The van der Waals surface area contributed by atoms with Crippen molar-refractivity contribution in [1.82, 2.24) is 4.90 Å². The Bertz CT molecular complexity index is 691. The molecule has 0 saturated heterocycles. The van der Waals surface area contributed by atoms with Crippen LogP contribution in [0.15, 0.2) is 64.4 Å². The fourth-order valence-electron chi connectivity index (χ4n) is 3.57. The number of hydrogen-bond donors (Lipinski definition) is 0. The van der Waals surface area contributed by atoms with Crippen LogP contribution in [0.25, 0.3) is 0 Å². The molecule has 0 saturated carbocycles. The van der Waals surface area contributed by atoms with Crippen LogP contribution in [0.1, 0.15) is 24.8 Å². The topological polar surface area (TPSA) is 6.25 Å². The van der Waals surface area contributed by atoms with Gasteiger partial charge < -0.3 is 0 Å². The molecular formula is C20H23N2S+. The van der Waals surface area contributed by atoms with Gasteiger partial charge in [-0.15, -0.1) is 0 Å². The van der Waals surface area contributed by atoms with E-state index in [4.69, 9.17) is 0 Å². The largest absolute Gasteiger partial charge is 0.266 e. The van der Waals surface area contributed by atoms with E-state index < -0.39 is 0 Å². The van der Waals surface area contributed by atoms with Gasteiger partial charge in [-0.1, -0.05) is 42.1 Å². The highest BCUT2D eigenvalue weighted by Gasteiger charge is 2.30. The second kappa shape index (κ2) is 6.79. The molecule has 0 unspecified atom stereocenters. The molecule has 2 aromatic rings. The SMILES string of the molecule is c1ccc(Sc2ccc(CN3CCC[N+]4=C3CCC4)cc2)cc1. The Morgan fingerprint density at radius 3 is 2.43 bits per heavy atom. The molecule has 0 aliphatic carbocycles. The second-order valence-corrected chi connectivity index (χ2v) is 7.49. The predicted molar refractivity (Wildman–Crippen MR) is 96.3 cm³/mol. The van der Waals surface area contributed by atoms with Crippen LogP contribution in [-0.2, 0) is 6.54 Å². The highest BCUT2D eigenvalue weighted by atomic mass is 32.2. The molecule has 3 heteroatoms. The van der Waals surface area contributed by atoms with Gasteiger partial charge in [0.25, 0.3) is 0 Å². The Morgan fingerprint density at radius 2 is 1.61 bits per heavy atom. The smallest absolute Gasteiger partial charge is 0.247 e. The summed E-state index contributed by atoms with van der Waals surface area (Å²) in [4.78, 5) is 5.21. The molecule has 2 aliphatic rings. The van der Waals surface area contributed by atoms with Crippen LogP contribution in [0.4, 0.5) is 0 Å². The van der Waals surface area contributed by atoms with Gasteiger partial charge in [-0.05, 0) is 36.2 Å². The molecule has 2 heterocycles. The van der Waals surface area contributed by atoms with Crippen LogP contribution >= 0.6 is 11.8 Å².